The standard InChI is InChI=1S/C8H17N3O2S/c1-6(5-13-2)11-8(14)10-4-3-7(9)12/h6H,3-5H2,1-2H3,(H2,9,12)(H2,10,11,14). The van der Waals surface area contributed by atoms with Gasteiger partial charge in [0.1, 0.15) is 0 Å². The number of nitrogens with two attached hydrogens (primary N) is 1. The number of nitrogens with one attached hydrogen (secondary N) is 2. The third-order valence-electron chi connectivity index (χ3n) is 1.45. The van der Waals surface area contributed by atoms with E-state index in [0.717, 1.165) is 0 Å². The fourth-order valence-corrected chi connectivity index (χ4v) is 1.17. The van der Waals surface area contributed by atoms with Crippen molar-refractivity contribution in [2.24, 2.45) is 5.73 Å². The molecule has 14 heavy (non-hydrogen) atoms. The molecule has 0 radical (unpaired) electrons. The summed E-state index contributed by atoms with van der Waals surface area (Å²) in [4.78, 5) is 10.4. The van der Waals surface area contributed by atoms with Gasteiger partial charge >= 0.3 is 0 Å². The van der Waals surface area contributed by atoms with Gasteiger partial charge in [-0.3, -0.25) is 4.79 Å². The molecule has 82 valence electrons. The lowest BCUT2D eigenvalue weighted by Crippen LogP contribution is -2.43. The molecule has 4 N–H and O–H groups in total. The van der Waals surface area contributed by atoms with Crippen LogP contribution in [0, 0.1) is 0 Å². The fraction of sp³-hybridized carbons (Fsp3) is 0.750. The lowest BCUT2D eigenvalue weighted by molar-refractivity contribution is -0.117. The molecule has 0 aliphatic rings. The van der Waals surface area contributed by atoms with E-state index in [1.165, 1.54) is 0 Å². The molecule has 0 aliphatic heterocycles. The molecule has 0 fully saturated rings. The van der Waals surface area contributed by atoms with Gasteiger partial charge in [-0.05, 0) is 19.1 Å². The van der Waals surface area contributed by atoms with E-state index in [1.54, 1.807) is 7.11 Å². The Morgan fingerprint density at radius 1 is 1.64 bits per heavy atom. The van der Waals surface area contributed by atoms with E-state index in [2.05, 4.69) is 10.6 Å². The van der Waals surface area contributed by atoms with Crippen LogP contribution in [0.25, 0.3) is 0 Å². The zero-order valence-corrected chi connectivity index (χ0v) is 9.32. The van der Waals surface area contributed by atoms with E-state index in [4.69, 9.17) is 22.7 Å². The maximum Gasteiger partial charge on any atom is 0.219 e. The molecule has 1 amide bonds. The van der Waals surface area contributed by atoms with Crippen molar-refractivity contribution in [2.75, 3.05) is 20.3 Å². The fourth-order valence-electron chi connectivity index (χ4n) is 0.866. The molecule has 0 heterocycles. The molecular formula is C8H17N3O2S. The van der Waals surface area contributed by atoms with Crippen LogP contribution in [0.2, 0.25) is 0 Å². The van der Waals surface area contributed by atoms with Gasteiger partial charge in [0, 0.05) is 26.1 Å². The number of primary amides is 1. The largest absolute Gasteiger partial charge is 0.383 e. The minimum Gasteiger partial charge on any atom is -0.383 e. The molecule has 0 spiro atoms. The van der Waals surface area contributed by atoms with Crippen LogP contribution < -0.4 is 16.4 Å². The van der Waals surface area contributed by atoms with Crippen LogP contribution in [0.4, 0.5) is 0 Å². The lowest BCUT2D eigenvalue weighted by atomic mass is 10.4. The van der Waals surface area contributed by atoms with Crippen molar-refractivity contribution >= 4 is 23.2 Å². The Morgan fingerprint density at radius 2 is 2.29 bits per heavy atom. The second-order valence-electron chi connectivity index (χ2n) is 2.97. The maximum atomic E-state index is 10.4. The zero-order chi connectivity index (χ0) is 11.0. The van der Waals surface area contributed by atoms with Crippen LogP contribution in [0.15, 0.2) is 0 Å². The van der Waals surface area contributed by atoms with Crippen molar-refractivity contribution in [1.29, 1.82) is 0 Å². The van der Waals surface area contributed by atoms with Crippen molar-refractivity contribution in [3.05, 3.63) is 0 Å². The third-order valence-corrected chi connectivity index (χ3v) is 1.71. The summed E-state index contributed by atoms with van der Waals surface area (Å²) in [6.45, 7) is 2.99. The quantitative estimate of drug-likeness (QED) is 0.518. The van der Waals surface area contributed by atoms with Crippen LogP contribution >= 0.6 is 12.2 Å². The summed E-state index contributed by atoms with van der Waals surface area (Å²) in [5, 5.41) is 6.37. The Balaban J connectivity index is 3.50. The first kappa shape index (κ1) is 13.1. The van der Waals surface area contributed by atoms with E-state index >= 15 is 0 Å². The van der Waals surface area contributed by atoms with Gasteiger partial charge in [0.15, 0.2) is 5.11 Å². The molecule has 0 aliphatic carbocycles. The highest BCUT2D eigenvalue weighted by Gasteiger charge is 2.02. The summed E-state index contributed by atoms with van der Waals surface area (Å²) >= 11 is 4.97. The number of carbonyl (C=O) groups is 1. The van der Waals surface area contributed by atoms with Crippen molar-refractivity contribution in [2.45, 2.75) is 19.4 Å². The molecule has 1 atom stereocenters. The number of hydrogen-bond donors (Lipinski definition) is 3. The summed E-state index contributed by atoms with van der Waals surface area (Å²) in [6, 6.07) is 0.147. The second-order valence-corrected chi connectivity index (χ2v) is 3.38. The van der Waals surface area contributed by atoms with Crippen molar-refractivity contribution < 1.29 is 9.53 Å². The van der Waals surface area contributed by atoms with Crippen molar-refractivity contribution in [1.82, 2.24) is 10.6 Å². The Labute approximate surface area is 89.4 Å². The summed E-state index contributed by atoms with van der Waals surface area (Å²) in [6.07, 6.45) is 0.278. The average Bonchev–Trinajstić information content (AvgIpc) is 2.03. The predicted molar refractivity (Wildman–Crippen MR) is 58.9 cm³/mol. The molecule has 5 nitrogen and oxygen atoms in total. The van der Waals surface area contributed by atoms with Crippen molar-refractivity contribution in [3.8, 4) is 0 Å². The first-order chi connectivity index (χ1) is 6.56. The Hall–Kier alpha value is -0.880. The predicted octanol–water partition coefficient (Wildman–Crippen LogP) is -0.639. The SMILES string of the molecule is COCC(C)NC(=S)NCCC(N)=O. The van der Waals surface area contributed by atoms with E-state index in [1.807, 2.05) is 6.92 Å². The highest BCUT2D eigenvalue weighted by Crippen LogP contribution is 1.82. The molecule has 0 saturated heterocycles. The number of thiocarbonyl (C=S) groups is 1. The van der Waals surface area contributed by atoms with E-state index in [0.29, 0.717) is 18.3 Å². The normalized spacial score (nSPS) is 11.9. The zero-order valence-electron chi connectivity index (χ0n) is 8.50. The molecule has 6 heteroatoms. The van der Waals surface area contributed by atoms with Gasteiger partial charge in [-0.25, -0.2) is 0 Å². The minimum absolute atomic E-state index is 0.147. The van der Waals surface area contributed by atoms with Crippen LogP contribution in [-0.4, -0.2) is 37.3 Å². The van der Waals surface area contributed by atoms with Crippen molar-refractivity contribution in [3.63, 3.8) is 0 Å². The van der Waals surface area contributed by atoms with Gasteiger partial charge in [0.25, 0.3) is 0 Å². The third kappa shape index (κ3) is 7.75. The van der Waals surface area contributed by atoms with Gasteiger partial charge in [0.05, 0.1) is 6.61 Å². The van der Waals surface area contributed by atoms with E-state index in [-0.39, 0.29) is 18.4 Å². The average molecular weight is 219 g/mol. The topological polar surface area (TPSA) is 76.4 Å². The molecule has 0 bridgehead atoms. The molecule has 0 aromatic carbocycles. The molecule has 0 rings (SSSR count). The summed E-state index contributed by atoms with van der Waals surface area (Å²) in [5.74, 6) is -0.342. The van der Waals surface area contributed by atoms with Crippen LogP contribution in [-0.2, 0) is 9.53 Å². The van der Waals surface area contributed by atoms with Gasteiger partial charge in [0.2, 0.25) is 5.91 Å². The van der Waals surface area contributed by atoms with Gasteiger partial charge < -0.3 is 21.1 Å². The summed E-state index contributed by atoms with van der Waals surface area (Å²) in [7, 11) is 1.63. The van der Waals surface area contributed by atoms with Gasteiger partial charge in [-0.2, -0.15) is 0 Å². The van der Waals surface area contributed by atoms with E-state index in [9.17, 15) is 4.79 Å². The molecule has 1 unspecified atom stereocenters. The van der Waals surface area contributed by atoms with Crippen LogP contribution in [0.3, 0.4) is 0 Å². The number of ether oxygens (including phenoxy) is 1. The number of carbonyl (C=O) groups excluding carboxylic acids is 1. The number of amides is 1. The highest BCUT2D eigenvalue weighted by molar-refractivity contribution is 7.80. The Bertz CT molecular complexity index is 199. The number of rotatable bonds is 6. The summed E-state index contributed by atoms with van der Waals surface area (Å²) < 4.78 is 4.92. The van der Waals surface area contributed by atoms with E-state index < -0.39 is 0 Å². The van der Waals surface area contributed by atoms with Crippen LogP contribution in [0.5, 0.6) is 0 Å². The molecular weight excluding hydrogens is 202 g/mol. The number of hydrogen-bond acceptors (Lipinski definition) is 3. The lowest BCUT2D eigenvalue weighted by Gasteiger charge is -2.15. The Kier molecular flexibility index (Phi) is 7.04. The maximum absolute atomic E-state index is 10.4. The first-order valence-corrected chi connectivity index (χ1v) is 4.78. The second kappa shape index (κ2) is 7.52. The Morgan fingerprint density at radius 3 is 2.79 bits per heavy atom. The minimum atomic E-state index is -0.342. The number of methoxy groups -OCH3 is 1. The first-order valence-electron chi connectivity index (χ1n) is 4.38. The highest BCUT2D eigenvalue weighted by atomic mass is 32.1. The molecule has 0 saturated carbocycles. The van der Waals surface area contributed by atoms with Crippen LogP contribution in [0.1, 0.15) is 13.3 Å². The molecule has 0 aromatic rings. The van der Waals surface area contributed by atoms with Gasteiger partial charge in [-0.15, -0.1) is 0 Å². The summed E-state index contributed by atoms with van der Waals surface area (Å²) in [5.41, 5.74) is 4.97. The van der Waals surface area contributed by atoms with Gasteiger partial charge in [-0.1, -0.05) is 0 Å². The monoisotopic (exact) mass is 219 g/mol. The smallest absolute Gasteiger partial charge is 0.219 e. The molecule has 0 aromatic heterocycles.